The highest BCUT2D eigenvalue weighted by molar-refractivity contribution is 5.96. The van der Waals surface area contributed by atoms with Crippen molar-refractivity contribution in [3.8, 4) is 0 Å². The summed E-state index contributed by atoms with van der Waals surface area (Å²) in [6, 6.07) is 3.72. The molecular weight excluding hydrogens is 249 g/mol. The van der Waals surface area contributed by atoms with Gasteiger partial charge in [0.2, 0.25) is 5.91 Å². The topological polar surface area (TPSA) is 70.2 Å². The second-order valence-corrected chi connectivity index (χ2v) is 4.12. The van der Waals surface area contributed by atoms with Crippen molar-refractivity contribution in [1.82, 2.24) is 10.6 Å². The van der Waals surface area contributed by atoms with Crippen LogP contribution in [-0.2, 0) is 4.79 Å². The molecule has 1 aromatic rings. The Morgan fingerprint density at radius 2 is 2.05 bits per heavy atom. The lowest BCUT2D eigenvalue weighted by Gasteiger charge is -2.10. The van der Waals surface area contributed by atoms with Crippen LogP contribution < -0.4 is 16.0 Å². The van der Waals surface area contributed by atoms with Crippen LogP contribution in [0.2, 0.25) is 0 Å². The SMILES string of the molecule is CCCNC(=O)NC(=O)CNc1ccc(F)cc1C. The minimum Gasteiger partial charge on any atom is -0.376 e. The molecule has 0 atom stereocenters. The molecule has 1 aromatic carbocycles. The van der Waals surface area contributed by atoms with Crippen LogP contribution in [-0.4, -0.2) is 25.0 Å². The average Bonchev–Trinajstić information content (AvgIpc) is 2.35. The number of carbonyl (C=O) groups is 2. The van der Waals surface area contributed by atoms with Gasteiger partial charge in [-0.3, -0.25) is 10.1 Å². The Bertz CT molecular complexity index is 463. The number of aryl methyl sites for hydroxylation is 1. The van der Waals surface area contributed by atoms with E-state index in [1.807, 2.05) is 6.92 Å². The molecule has 19 heavy (non-hydrogen) atoms. The molecular formula is C13H18FN3O2. The number of carbonyl (C=O) groups excluding carboxylic acids is 2. The lowest BCUT2D eigenvalue weighted by molar-refractivity contribution is -0.118. The number of amides is 3. The molecule has 104 valence electrons. The van der Waals surface area contributed by atoms with E-state index in [1.54, 1.807) is 13.0 Å². The van der Waals surface area contributed by atoms with Gasteiger partial charge in [-0.05, 0) is 37.1 Å². The molecule has 0 saturated carbocycles. The van der Waals surface area contributed by atoms with Gasteiger partial charge >= 0.3 is 6.03 Å². The smallest absolute Gasteiger partial charge is 0.321 e. The third kappa shape index (κ3) is 5.37. The van der Waals surface area contributed by atoms with Crippen LogP contribution in [0.4, 0.5) is 14.9 Å². The summed E-state index contributed by atoms with van der Waals surface area (Å²) >= 11 is 0. The first kappa shape index (κ1) is 14.9. The number of anilines is 1. The van der Waals surface area contributed by atoms with Crippen LogP contribution in [0.5, 0.6) is 0 Å². The van der Waals surface area contributed by atoms with E-state index in [2.05, 4.69) is 16.0 Å². The lowest BCUT2D eigenvalue weighted by atomic mass is 10.2. The second kappa shape index (κ2) is 7.35. The van der Waals surface area contributed by atoms with E-state index in [1.165, 1.54) is 12.1 Å². The normalized spacial score (nSPS) is 9.84. The zero-order valence-electron chi connectivity index (χ0n) is 11.0. The van der Waals surface area contributed by atoms with Gasteiger partial charge in [0.05, 0.1) is 6.54 Å². The Hall–Kier alpha value is -2.11. The zero-order valence-corrected chi connectivity index (χ0v) is 11.0. The first-order valence-corrected chi connectivity index (χ1v) is 6.10. The number of rotatable bonds is 5. The van der Waals surface area contributed by atoms with Crippen molar-refractivity contribution in [3.63, 3.8) is 0 Å². The van der Waals surface area contributed by atoms with Crippen molar-refractivity contribution in [1.29, 1.82) is 0 Å². The van der Waals surface area contributed by atoms with Gasteiger partial charge in [-0.15, -0.1) is 0 Å². The van der Waals surface area contributed by atoms with Gasteiger partial charge in [0, 0.05) is 12.2 Å². The molecule has 0 radical (unpaired) electrons. The molecule has 0 spiro atoms. The Morgan fingerprint density at radius 3 is 2.68 bits per heavy atom. The quantitative estimate of drug-likeness (QED) is 0.761. The number of hydrogen-bond donors (Lipinski definition) is 3. The van der Waals surface area contributed by atoms with Gasteiger partial charge in [-0.1, -0.05) is 6.92 Å². The average molecular weight is 267 g/mol. The fourth-order valence-corrected chi connectivity index (χ4v) is 1.45. The largest absolute Gasteiger partial charge is 0.376 e. The summed E-state index contributed by atoms with van der Waals surface area (Å²) in [6.07, 6.45) is 0.800. The zero-order chi connectivity index (χ0) is 14.3. The number of halogens is 1. The fourth-order valence-electron chi connectivity index (χ4n) is 1.45. The molecule has 0 unspecified atom stereocenters. The van der Waals surface area contributed by atoms with Crippen molar-refractivity contribution in [2.24, 2.45) is 0 Å². The van der Waals surface area contributed by atoms with Crippen LogP contribution in [0.15, 0.2) is 18.2 Å². The van der Waals surface area contributed by atoms with Crippen molar-refractivity contribution in [3.05, 3.63) is 29.6 Å². The molecule has 0 heterocycles. The molecule has 0 aromatic heterocycles. The lowest BCUT2D eigenvalue weighted by Crippen LogP contribution is -2.42. The molecule has 6 heteroatoms. The van der Waals surface area contributed by atoms with E-state index in [4.69, 9.17) is 0 Å². The summed E-state index contributed by atoms with van der Waals surface area (Å²) < 4.78 is 12.9. The van der Waals surface area contributed by atoms with Gasteiger partial charge in [0.25, 0.3) is 0 Å². The molecule has 0 aliphatic heterocycles. The second-order valence-electron chi connectivity index (χ2n) is 4.12. The first-order valence-electron chi connectivity index (χ1n) is 6.10. The van der Waals surface area contributed by atoms with Crippen LogP contribution in [0, 0.1) is 12.7 Å². The third-order valence-corrected chi connectivity index (χ3v) is 2.42. The van der Waals surface area contributed by atoms with E-state index in [0.717, 1.165) is 6.42 Å². The molecule has 3 N–H and O–H groups in total. The van der Waals surface area contributed by atoms with Gasteiger partial charge in [-0.25, -0.2) is 9.18 Å². The van der Waals surface area contributed by atoms with Crippen molar-refractivity contribution in [2.75, 3.05) is 18.4 Å². The third-order valence-electron chi connectivity index (χ3n) is 2.42. The first-order chi connectivity index (χ1) is 9.02. The molecule has 0 aliphatic rings. The minimum atomic E-state index is -0.510. The van der Waals surface area contributed by atoms with E-state index >= 15 is 0 Å². The predicted octanol–water partition coefficient (Wildman–Crippen LogP) is 1.78. The van der Waals surface area contributed by atoms with Crippen LogP contribution in [0.25, 0.3) is 0 Å². The summed E-state index contributed by atoms with van der Waals surface area (Å²) in [5, 5.41) is 7.56. The highest BCUT2D eigenvalue weighted by Crippen LogP contribution is 2.14. The molecule has 3 amide bonds. The molecule has 0 saturated heterocycles. The van der Waals surface area contributed by atoms with Crippen molar-refractivity contribution < 1.29 is 14.0 Å². The molecule has 0 fully saturated rings. The molecule has 0 bridgehead atoms. The summed E-state index contributed by atoms with van der Waals surface area (Å²) in [5.74, 6) is -0.774. The van der Waals surface area contributed by atoms with Gasteiger partial charge in [0.15, 0.2) is 0 Å². The van der Waals surface area contributed by atoms with Crippen molar-refractivity contribution >= 4 is 17.6 Å². The monoisotopic (exact) mass is 267 g/mol. The minimum absolute atomic E-state index is 0.0496. The number of hydrogen-bond acceptors (Lipinski definition) is 3. The number of imide groups is 1. The molecule has 5 nitrogen and oxygen atoms in total. The van der Waals surface area contributed by atoms with E-state index < -0.39 is 11.9 Å². The number of urea groups is 1. The highest BCUT2D eigenvalue weighted by atomic mass is 19.1. The summed E-state index contributed by atoms with van der Waals surface area (Å²) in [7, 11) is 0. The Morgan fingerprint density at radius 1 is 1.32 bits per heavy atom. The molecule has 0 aliphatic carbocycles. The van der Waals surface area contributed by atoms with Gasteiger partial charge < -0.3 is 10.6 Å². The highest BCUT2D eigenvalue weighted by Gasteiger charge is 2.07. The summed E-state index contributed by atoms with van der Waals surface area (Å²) in [6.45, 7) is 4.12. The van der Waals surface area contributed by atoms with Crippen LogP contribution >= 0.6 is 0 Å². The van der Waals surface area contributed by atoms with Crippen LogP contribution in [0.1, 0.15) is 18.9 Å². The number of benzene rings is 1. The van der Waals surface area contributed by atoms with E-state index in [0.29, 0.717) is 17.8 Å². The van der Waals surface area contributed by atoms with E-state index in [9.17, 15) is 14.0 Å². The maximum atomic E-state index is 12.9. The Kier molecular flexibility index (Phi) is 5.78. The summed E-state index contributed by atoms with van der Waals surface area (Å²) in [4.78, 5) is 22.7. The molecule has 1 rings (SSSR count). The standard InChI is InChI=1S/C13H18FN3O2/c1-3-6-15-13(19)17-12(18)8-16-11-5-4-10(14)7-9(11)2/h4-5,7,16H,3,6,8H2,1-2H3,(H2,15,17,18,19). The Labute approximate surface area is 111 Å². The fraction of sp³-hybridized carbons (Fsp3) is 0.385. The predicted molar refractivity (Wildman–Crippen MR) is 71.5 cm³/mol. The Balaban J connectivity index is 2.39. The number of nitrogens with one attached hydrogen (secondary N) is 3. The van der Waals surface area contributed by atoms with E-state index in [-0.39, 0.29) is 12.4 Å². The van der Waals surface area contributed by atoms with Gasteiger partial charge in [-0.2, -0.15) is 0 Å². The van der Waals surface area contributed by atoms with Gasteiger partial charge in [0.1, 0.15) is 5.82 Å². The van der Waals surface area contributed by atoms with Crippen LogP contribution in [0.3, 0.4) is 0 Å². The maximum Gasteiger partial charge on any atom is 0.321 e. The van der Waals surface area contributed by atoms with Crippen molar-refractivity contribution in [2.45, 2.75) is 20.3 Å². The maximum absolute atomic E-state index is 12.9. The summed E-state index contributed by atoms with van der Waals surface area (Å²) in [5.41, 5.74) is 1.36.